The summed E-state index contributed by atoms with van der Waals surface area (Å²) in [7, 11) is 0. The summed E-state index contributed by atoms with van der Waals surface area (Å²) in [6, 6.07) is 6.27. The number of aryl methyl sites for hydroxylation is 1. The second-order valence-corrected chi connectivity index (χ2v) is 4.00. The molecule has 0 heterocycles. The lowest BCUT2D eigenvalue weighted by Crippen LogP contribution is -2.13. The van der Waals surface area contributed by atoms with E-state index in [1.54, 1.807) is 0 Å². The molecule has 1 aromatic rings. The van der Waals surface area contributed by atoms with Crippen LogP contribution in [0, 0.1) is 0 Å². The average Bonchev–Trinajstić information content (AvgIpc) is 2.23. The van der Waals surface area contributed by atoms with E-state index in [9.17, 15) is 0 Å². The number of rotatable bonds is 6. The molecule has 0 unspecified atom stereocenters. The molecule has 0 saturated heterocycles. The van der Waals surface area contributed by atoms with Gasteiger partial charge in [0.2, 0.25) is 0 Å². The van der Waals surface area contributed by atoms with Crippen molar-refractivity contribution in [2.45, 2.75) is 26.3 Å². The van der Waals surface area contributed by atoms with E-state index in [1.165, 1.54) is 17.5 Å². The fourth-order valence-corrected chi connectivity index (χ4v) is 1.70. The van der Waals surface area contributed by atoms with Crippen molar-refractivity contribution >= 4 is 11.6 Å². The summed E-state index contributed by atoms with van der Waals surface area (Å²) >= 11 is 6.11. The van der Waals surface area contributed by atoms with E-state index >= 15 is 0 Å². The summed E-state index contributed by atoms with van der Waals surface area (Å²) in [5.41, 5.74) is 2.53. The molecule has 0 aliphatic carbocycles. The summed E-state index contributed by atoms with van der Waals surface area (Å²) in [5, 5.41) is 4.10. The molecule has 1 nitrogen and oxygen atoms in total. The zero-order valence-electron chi connectivity index (χ0n) is 9.22. The number of nitrogens with one attached hydrogen (secondary N) is 1. The van der Waals surface area contributed by atoms with Crippen molar-refractivity contribution in [3.05, 3.63) is 47.0 Å². The van der Waals surface area contributed by atoms with Crippen molar-refractivity contribution in [1.82, 2.24) is 5.32 Å². The maximum atomic E-state index is 6.11. The molecular formula is C13H18ClN. The monoisotopic (exact) mass is 223 g/mol. The highest BCUT2D eigenvalue weighted by Crippen LogP contribution is 2.18. The van der Waals surface area contributed by atoms with E-state index in [-0.39, 0.29) is 0 Å². The summed E-state index contributed by atoms with van der Waals surface area (Å²) in [6.45, 7) is 7.47. The van der Waals surface area contributed by atoms with Gasteiger partial charge >= 0.3 is 0 Å². The van der Waals surface area contributed by atoms with Crippen LogP contribution in [0.4, 0.5) is 0 Å². The molecule has 0 spiro atoms. The largest absolute Gasteiger partial charge is 0.309 e. The molecule has 0 fully saturated rings. The van der Waals surface area contributed by atoms with Gasteiger partial charge in [0.15, 0.2) is 0 Å². The highest BCUT2D eigenvalue weighted by Gasteiger charge is 2.01. The Morgan fingerprint density at radius 3 is 2.93 bits per heavy atom. The van der Waals surface area contributed by atoms with Crippen LogP contribution in [0.15, 0.2) is 30.9 Å². The molecule has 0 amide bonds. The van der Waals surface area contributed by atoms with E-state index in [2.05, 4.69) is 31.0 Å². The van der Waals surface area contributed by atoms with E-state index in [0.717, 1.165) is 24.5 Å². The first kappa shape index (κ1) is 12.3. The first-order chi connectivity index (χ1) is 7.27. The minimum Gasteiger partial charge on any atom is -0.309 e. The fraction of sp³-hybridized carbons (Fsp3) is 0.385. The van der Waals surface area contributed by atoms with E-state index in [4.69, 9.17) is 11.6 Å². The Hall–Kier alpha value is -0.790. The smallest absolute Gasteiger partial charge is 0.0451 e. The molecule has 0 bridgehead atoms. The van der Waals surface area contributed by atoms with Gasteiger partial charge < -0.3 is 5.32 Å². The molecule has 0 aliphatic heterocycles. The van der Waals surface area contributed by atoms with Crippen molar-refractivity contribution in [2.24, 2.45) is 0 Å². The molecule has 1 rings (SSSR count). The van der Waals surface area contributed by atoms with Crippen molar-refractivity contribution in [3.63, 3.8) is 0 Å². The first-order valence-electron chi connectivity index (χ1n) is 5.36. The van der Waals surface area contributed by atoms with Gasteiger partial charge in [0.1, 0.15) is 0 Å². The quantitative estimate of drug-likeness (QED) is 0.574. The molecule has 0 radical (unpaired) electrons. The third-order valence-corrected chi connectivity index (χ3v) is 2.62. The summed E-state index contributed by atoms with van der Waals surface area (Å²) in [4.78, 5) is 0. The molecule has 0 aliphatic rings. The molecule has 0 aromatic heterocycles. The van der Waals surface area contributed by atoms with Crippen LogP contribution in [-0.4, -0.2) is 6.54 Å². The van der Waals surface area contributed by atoms with Crippen LogP contribution < -0.4 is 5.32 Å². The lowest BCUT2D eigenvalue weighted by atomic mass is 10.1. The normalized spacial score (nSPS) is 10.3. The molecule has 15 heavy (non-hydrogen) atoms. The van der Waals surface area contributed by atoms with Gasteiger partial charge in [-0.3, -0.25) is 0 Å². The molecule has 82 valence electrons. The average molecular weight is 224 g/mol. The predicted molar refractivity (Wildman–Crippen MR) is 67.4 cm³/mol. The topological polar surface area (TPSA) is 12.0 Å². The van der Waals surface area contributed by atoms with Gasteiger partial charge in [-0.25, -0.2) is 0 Å². The Morgan fingerprint density at radius 1 is 1.47 bits per heavy atom. The van der Waals surface area contributed by atoms with Gasteiger partial charge in [0.05, 0.1) is 0 Å². The van der Waals surface area contributed by atoms with Crippen LogP contribution >= 0.6 is 11.6 Å². The first-order valence-corrected chi connectivity index (χ1v) is 5.74. The van der Waals surface area contributed by atoms with Gasteiger partial charge in [0, 0.05) is 18.1 Å². The van der Waals surface area contributed by atoms with Gasteiger partial charge in [-0.1, -0.05) is 43.2 Å². The van der Waals surface area contributed by atoms with Crippen molar-refractivity contribution in [2.75, 3.05) is 6.54 Å². The van der Waals surface area contributed by atoms with Crippen LogP contribution in [0.5, 0.6) is 0 Å². The molecule has 2 heteroatoms. The highest BCUT2D eigenvalue weighted by molar-refractivity contribution is 6.31. The summed E-state index contributed by atoms with van der Waals surface area (Å²) in [6.07, 6.45) is 4.14. The van der Waals surface area contributed by atoms with Gasteiger partial charge in [-0.15, -0.1) is 6.58 Å². The minimum atomic E-state index is 0.808. The maximum absolute atomic E-state index is 6.11. The third kappa shape index (κ3) is 4.06. The Morgan fingerprint density at radius 2 is 2.27 bits per heavy atom. The second kappa shape index (κ2) is 6.65. The van der Waals surface area contributed by atoms with Crippen LogP contribution in [0.1, 0.15) is 24.5 Å². The summed E-state index contributed by atoms with van der Waals surface area (Å²) < 4.78 is 0. The molecule has 1 aromatic carbocycles. The minimum absolute atomic E-state index is 0.808. The van der Waals surface area contributed by atoms with Gasteiger partial charge in [-0.05, 0) is 23.6 Å². The molecule has 1 N–H and O–H groups in total. The van der Waals surface area contributed by atoms with Crippen LogP contribution in [-0.2, 0) is 13.0 Å². The van der Waals surface area contributed by atoms with Crippen molar-refractivity contribution in [1.29, 1.82) is 0 Å². The Bertz CT molecular complexity index is 320. The van der Waals surface area contributed by atoms with Crippen molar-refractivity contribution < 1.29 is 0 Å². The predicted octanol–water partition coefficient (Wildman–Crippen LogP) is 3.57. The SMILES string of the molecule is C=CCNCc1cc(CCC)ccc1Cl. The molecule has 0 atom stereocenters. The fourth-order valence-electron chi connectivity index (χ4n) is 1.52. The lowest BCUT2D eigenvalue weighted by molar-refractivity contribution is 0.758. The van der Waals surface area contributed by atoms with E-state index in [1.807, 2.05) is 12.1 Å². The summed E-state index contributed by atoms with van der Waals surface area (Å²) in [5.74, 6) is 0. The third-order valence-electron chi connectivity index (χ3n) is 2.25. The number of benzene rings is 1. The zero-order chi connectivity index (χ0) is 11.1. The highest BCUT2D eigenvalue weighted by atomic mass is 35.5. The van der Waals surface area contributed by atoms with Crippen molar-refractivity contribution in [3.8, 4) is 0 Å². The Balaban J connectivity index is 2.67. The van der Waals surface area contributed by atoms with Crippen LogP contribution in [0.25, 0.3) is 0 Å². The van der Waals surface area contributed by atoms with Crippen LogP contribution in [0.2, 0.25) is 5.02 Å². The van der Waals surface area contributed by atoms with Crippen LogP contribution in [0.3, 0.4) is 0 Å². The Labute approximate surface area is 97.1 Å². The lowest BCUT2D eigenvalue weighted by Gasteiger charge is -2.07. The molecular weight excluding hydrogens is 206 g/mol. The van der Waals surface area contributed by atoms with E-state index in [0.29, 0.717) is 0 Å². The van der Waals surface area contributed by atoms with Gasteiger partial charge in [-0.2, -0.15) is 0 Å². The number of halogens is 1. The molecule has 0 saturated carbocycles. The van der Waals surface area contributed by atoms with E-state index < -0.39 is 0 Å². The standard InChI is InChI=1S/C13H18ClN/c1-3-5-11-6-7-13(14)12(9-11)10-15-8-4-2/h4,6-7,9,15H,2-3,5,8,10H2,1H3. The van der Waals surface area contributed by atoms with Gasteiger partial charge in [0.25, 0.3) is 0 Å². The maximum Gasteiger partial charge on any atom is 0.0451 e. The zero-order valence-corrected chi connectivity index (χ0v) is 9.98. The second-order valence-electron chi connectivity index (χ2n) is 3.60. The number of hydrogen-bond acceptors (Lipinski definition) is 1. The number of hydrogen-bond donors (Lipinski definition) is 1. The Kier molecular flexibility index (Phi) is 5.44.